The quantitative estimate of drug-likeness (QED) is 0.272. The van der Waals surface area contributed by atoms with Gasteiger partial charge in [0.25, 0.3) is 5.91 Å². The largest absolute Gasteiger partial charge is 0.401 e. The Morgan fingerprint density at radius 3 is 2.55 bits per heavy atom. The van der Waals surface area contributed by atoms with E-state index in [9.17, 15) is 18.0 Å². The van der Waals surface area contributed by atoms with Crippen molar-refractivity contribution in [3.8, 4) is 0 Å². The van der Waals surface area contributed by atoms with E-state index in [0.29, 0.717) is 33.8 Å². The van der Waals surface area contributed by atoms with Gasteiger partial charge in [-0.05, 0) is 75.4 Å². The summed E-state index contributed by atoms with van der Waals surface area (Å²) in [5.41, 5.74) is 2.31. The summed E-state index contributed by atoms with van der Waals surface area (Å²) >= 11 is 1.14. The molecule has 0 aromatic carbocycles. The smallest absolute Gasteiger partial charge is 0.362 e. The molecule has 2 aliphatic rings. The van der Waals surface area contributed by atoms with Crippen LogP contribution in [0.3, 0.4) is 0 Å². The number of anilines is 2. The zero-order chi connectivity index (χ0) is 31.7. The summed E-state index contributed by atoms with van der Waals surface area (Å²) in [4.78, 5) is 30.4. The minimum absolute atomic E-state index is 0.0128. The van der Waals surface area contributed by atoms with Crippen molar-refractivity contribution in [3.63, 3.8) is 0 Å². The first-order valence-electron chi connectivity index (χ1n) is 14.9. The predicted molar refractivity (Wildman–Crippen MR) is 168 cm³/mol. The molecule has 1 saturated heterocycles. The van der Waals surface area contributed by atoms with Crippen LogP contribution in [0.4, 0.5) is 24.8 Å². The van der Waals surface area contributed by atoms with Crippen molar-refractivity contribution in [2.75, 3.05) is 23.3 Å². The molecule has 0 aliphatic carbocycles. The lowest BCUT2D eigenvalue weighted by Crippen LogP contribution is -2.40. The van der Waals surface area contributed by atoms with Crippen molar-refractivity contribution in [2.24, 2.45) is 5.92 Å². The van der Waals surface area contributed by atoms with Crippen molar-refractivity contribution in [1.29, 1.82) is 0 Å². The zero-order valence-corrected chi connectivity index (χ0v) is 26.6. The molecule has 3 aromatic heterocycles. The number of nitrogens with one attached hydrogen (secondary N) is 3. The van der Waals surface area contributed by atoms with E-state index in [2.05, 4.69) is 54.9 Å². The highest BCUT2D eigenvalue weighted by molar-refractivity contribution is 7.97. The summed E-state index contributed by atoms with van der Waals surface area (Å²) in [6.45, 7) is 10.4. The molecule has 8 nitrogen and oxygen atoms in total. The Kier molecular flexibility index (Phi) is 9.13. The molecule has 0 saturated carbocycles. The number of alkyl halides is 3. The molecule has 3 N–H and O–H groups in total. The van der Waals surface area contributed by atoms with Crippen LogP contribution < -0.4 is 20.3 Å². The van der Waals surface area contributed by atoms with Gasteiger partial charge < -0.3 is 15.5 Å². The van der Waals surface area contributed by atoms with E-state index in [1.807, 2.05) is 42.5 Å². The molecule has 2 atom stereocenters. The molecule has 5 rings (SSSR count). The average molecular weight is 628 g/mol. The first-order valence-corrected chi connectivity index (χ1v) is 15.7. The number of carbonyl (C=O) groups excluding carboxylic acids is 1. The lowest BCUT2D eigenvalue weighted by atomic mass is 9.90. The van der Waals surface area contributed by atoms with E-state index in [1.54, 1.807) is 6.07 Å². The molecule has 44 heavy (non-hydrogen) atoms. The van der Waals surface area contributed by atoms with Crippen LogP contribution in [0.25, 0.3) is 0 Å². The number of carbonyl (C=O) groups is 1. The van der Waals surface area contributed by atoms with Gasteiger partial charge in [0.1, 0.15) is 16.7 Å². The van der Waals surface area contributed by atoms with Gasteiger partial charge in [-0.15, -0.1) is 0 Å². The molecule has 3 aromatic rings. The SMILES string of the molecule is CC(C)(C)c1ccc2c(n1)N1CC(CCC(c3cccc(CNCC(F)(F)F)n3)Nc3cccc(n3)SNC2=O)CC1(C)C. The maximum Gasteiger partial charge on any atom is 0.401 e. The van der Waals surface area contributed by atoms with E-state index >= 15 is 0 Å². The van der Waals surface area contributed by atoms with Crippen LogP contribution >= 0.6 is 11.9 Å². The molecule has 2 unspecified atom stereocenters. The fourth-order valence-corrected chi connectivity index (χ4v) is 6.50. The number of pyridine rings is 3. The lowest BCUT2D eigenvalue weighted by Gasteiger charge is -2.34. The molecule has 0 spiro atoms. The number of amides is 1. The van der Waals surface area contributed by atoms with Gasteiger partial charge in [0, 0.05) is 41.7 Å². The topological polar surface area (TPSA) is 95.1 Å². The fraction of sp³-hybridized carbons (Fsp3) is 0.500. The van der Waals surface area contributed by atoms with Crippen LogP contribution in [0.1, 0.15) is 87.4 Å². The third-order valence-electron chi connectivity index (χ3n) is 8.08. The number of nitrogens with zero attached hydrogens (tertiary/aromatic N) is 4. The van der Waals surface area contributed by atoms with Crippen LogP contribution in [0.15, 0.2) is 53.6 Å². The highest BCUT2D eigenvalue weighted by Gasteiger charge is 2.41. The number of aromatic nitrogens is 3. The monoisotopic (exact) mass is 627 g/mol. The van der Waals surface area contributed by atoms with Gasteiger partial charge in [0.2, 0.25) is 0 Å². The van der Waals surface area contributed by atoms with Crippen molar-refractivity contribution in [1.82, 2.24) is 25.0 Å². The van der Waals surface area contributed by atoms with Gasteiger partial charge in [-0.1, -0.05) is 32.9 Å². The Labute approximate surface area is 261 Å². The molecule has 4 bridgehead atoms. The third-order valence-corrected chi connectivity index (χ3v) is 8.80. The summed E-state index contributed by atoms with van der Waals surface area (Å²) < 4.78 is 41.1. The number of rotatable bonds is 4. The van der Waals surface area contributed by atoms with Crippen LogP contribution in [0, 0.1) is 5.92 Å². The molecule has 1 amide bonds. The molecule has 12 heteroatoms. The highest BCUT2D eigenvalue weighted by Crippen LogP contribution is 2.41. The lowest BCUT2D eigenvalue weighted by molar-refractivity contribution is -0.125. The standard InChI is InChI=1S/C32H40F3N7OS/c1-30(2,3)25-15-13-22-28(39-25)42-18-20(16-31(42,4)5)12-14-24(38-26-10-7-11-27(40-26)44-41-29(22)43)23-9-6-8-21(37-23)17-36-19-32(33,34)35/h6-11,13,15,20,24,36H,12,14,16-19H2,1-5H3,(H,38,40)(H,41,43). The van der Waals surface area contributed by atoms with Crippen molar-refractivity contribution in [2.45, 2.75) is 88.6 Å². The molecule has 2 aliphatic heterocycles. The number of hydrogen-bond acceptors (Lipinski definition) is 8. The molecule has 0 radical (unpaired) electrons. The Bertz CT molecular complexity index is 1490. The summed E-state index contributed by atoms with van der Waals surface area (Å²) in [6.07, 6.45) is -1.77. The normalized spacial score (nSPS) is 20.6. The average Bonchev–Trinajstić information content (AvgIpc) is 3.26. The van der Waals surface area contributed by atoms with E-state index < -0.39 is 12.7 Å². The van der Waals surface area contributed by atoms with E-state index in [4.69, 9.17) is 15.0 Å². The van der Waals surface area contributed by atoms with Crippen LogP contribution in [-0.2, 0) is 12.0 Å². The Morgan fingerprint density at radius 2 is 1.80 bits per heavy atom. The molecular weight excluding hydrogens is 587 g/mol. The maximum atomic E-state index is 13.6. The first-order chi connectivity index (χ1) is 20.7. The number of halogens is 3. The highest BCUT2D eigenvalue weighted by atomic mass is 32.2. The van der Waals surface area contributed by atoms with Crippen LogP contribution in [0.5, 0.6) is 0 Å². The Balaban J connectivity index is 1.48. The Morgan fingerprint density at radius 1 is 1.02 bits per heavy atom. The molecule has 1 fully saturated rings. The second kappa shape index (κ2) is 12.5. The molecule has 5 heterocycles. The van der Waals surface area contributed by atoms with Crippen molar-refractivity contribution >= 4 is 29.5 Å². The van der Waals surface area contributed by atoms with Crippen LogP contribution in [-0.4, -0.2) is 45.7 Å². The number of hydrogen-bond donors (Lipinski definition) is 3. The van der Waals surface area contributed by atoms with Gasteiger partial charge in [-0.2, -0.15) is 13.2 Å². The number of fused-ring (bicyclic) bond motifs is 6. The summed E-state index contributed by atoms with van der Waals surface area (Å²) in [5.74, 6) is 1.40. The van der Waals surface area contributed by atoms with E-state index in [0.717, 1.165) is 49.1 Å². The molecular formula is C32H40F3N7OS. The van der Waals surface area contributed by atoms with E-state index in [-0.39, 0.29) is 29.4 Å². The Hall–Kier alpha value is -3.38. The predicted octanol–water partition coefficient (Wildman–Crippen LogP) is 6.81. The molecule has 236 valence electrons. The summed E-state index contributed by atoms with van der Waals surface area (Å²) in [7, 11) is 0. The van der Waals surface area contributed by atoms with Gasteiger partial charge in [-0.3, -0.25) is 14.5 Å². The minimum Gasteiger partial charge on any atom is -0.362 e. The second-order valence-electron chi connectivity index (χ2n) is 13.3. The van der Waals surface area contributed by atoms with E-state index in [1.165, 1.54) is 0 Å². The maximum absolute atomic E-state index is 13.6. The van der Waals surface area contributed by atoms with Gasteiger partial charge in [0.05, 0.1) is 29.5 Å². The summed E-state index contributed by atoms with van der Waals surface area (Å²) in [6, 6.07) is 14.6. The summed E-state index contributed by atoms with van der Waals surface area (Å²) in [5, 5.41) is 6.56. The minimum atomic E-state index is -4.29. The third kappa shape index (κ3) is 7.82. The second-order valence-corrected chi connectivity index (χ2v) is 14.1. The fourth-order valence-electron chi connectivity index (χ4n) is 5.91. The van der Waals surface area contributed by atoms with Crippen LogP contribution in [0.2, 0.25) is 0 Å². The van der Waals surface area contributed by atoms with Gasteiger partial charge in [0.15, 0.2) is 0 Å². The van der Waals surface area contributed by atoms with Crippen molar-refractivity contribution in [3.05, 3.63) is 71.2 Å². The van der Waals surface area contributed by atoms with Gasteiger partial charge in [-0.25, -0.2) is 9.97 Å². The first kappa shape index (κ1) is 32.0. The van der Waals surface area contributed by atoms with Crippen molar-refractivity contribution < 1.29 is 18.0 Å². The zero-order valence-electron chi connectivity index (χ0n) is 25.8. The van der Waals surface area contributed by atoms with Gasteiger partial charge >= 0.3 is 6.18 Å².